The SMILES string of the molecule is Cc1cc(Nc2nc(-c3ccccc3C)cc(N3CCCCC3)n2)n[nH]1. The summed E-state index contributed by atoms with van der Waals surface area (Å²) in [5, 5.41) is 10.4. The predicted molar refractivity (Wildman–Crippen MR) is 105 cm³/mol. The van der Waals surface area contributed by atoms with Crippen molar-refractivity contribution in [2.24, 2.45) is 0 Å². The maximum absolute atomic E-state index is 4.77. The Morgan fingerprint density at radius 3 is 2.54 bits per heavy atom. The van der Waals surface area contributed by atoms with E-state index in [2.05, 4.69) is 57.7 Å². The second-order valence-electron chi connectivity index (χ2n) is 6.86. The van der Waals surface area contributed by atoms with Gasteiger partial charge >= 0.3 is 0 Å². The second kappa shape index (κ2) is 7.15. The van der Waals surface area contributed by atoms with Crippen LogP contribution >= 0.6 is 0 Å². The number of aromatic nitrogens is 4. The summed E-state index contributed by atoms with van der Waals surface area (Å²) < 4.78 is 0. The maximum Gasteiger partial charge on any atom is 0.230 e. The molecule has 0 unspecified atom stereocenters. The Kier molecular flexibility index (Phi) is 4.56. The number of aryl methyl sites for hydroxylation is 2. The predicted octanol–water partition coefficient (Wildman–Crippen LogP) is 4.22. The van der Waals surface area contributed by atoms with Crippen molar-refractivity contribution in [1.29, 1.82) is 0 Å². The normalized spacial score (nSPS) is 14.5. The lowest BCUT2D eigenvalue weighted by Gasteiger charge is -2.28. The Balaban J connectivity index is 1.74. The first-order valence-corrected chi connectivity index (χ1v) is 9.18. The molecule has 0 spiro atoms. The first-order chi connectivity index (χ1) is 12.7. The Morgan fingerprint density at radius 1 is 1.00 bits per heavy atom. The highest BCUT2D eigenvalue weighted by atomic mass is 15.3. The molecule has 1 saturated heterocycles. The van der Waals surface area contributed by atoms with Crippen molar-refractivity contribution in [3.63, 3.8) is 0 Å². The minimum Gasteiger partial charge on any atom is -0.356 e. The molecule has 0 saturated carbocycles. The number of nitrogens with one attached hydrogen (secondary N) is 2. The summed E-state index contributed by atoms with van der Waals surface area (Å²) >= 11 is 0. The van der Waals surface area contributed by atoms with Gasteiger partial charge in [-0.15, -0.1) is 0 Å². The molecule has 1 aromatic carbocycles. The Bertz CT molecular complexity index is 895. The number of rotatable bonds is 4. The molecule has 0 bridgehead atoms. The smallest absolute Gasteiger partial charge is 0.230 e. The zero-order chi connectivity index (χ0) is 17.9. The summed E-state index contributed by atoms with van der Waals surface area (Å²) in [5.41, 5.74) is 4.28. The van der Waals surface area contributed by atoms with Crippen molar-refractivity contribution in [2.45, 2.75) is 33.1 Å². The van der Waals surface area contributed by atoms with Gasteiger partial charge in [0.25, 0.3) is 0 Å². The summed E-state index contributed by atoms with van der Waals surface area (Å²) in [6.45, 7) is 6.18. The summed E-state index contributed by atoms with van der Waals surface area (Å²) in [6.07, 6.45) is 3.72. The van der Waals surface area contributed by atoms with E-state index in [-0.39, 0.29) is 0 Å². The highest BCUT2D eigenvalue weighted by Crippen LogP contribution is 2.28. The van der Waals surface area contributed by atoms with Gasteiger partial charge in [-0.2, -0.15) is 10.1 Å². The molecule has 2 aromatic heterocycles. The van der Waals surface area contributed by atoms with Crippen LogP contribution in [0, 0.1) is 13.8 Å². The molecular formula is C20H24N6. The molecule has 2 N–H and O–H groups in total. The zero-order valence-electron chi connectivity index (χ0n) is 15.3. The highest BCUT2D eigenvalue weighted by Gasteiger charge is 2.16. The van der Waals surface area contributed by atoms with E-state index in [1.165, 1.54) is 24.8 Å². The van der Waals surface area contributed by atoms with Crippen molar-refractivity contribution < 1.29 is 0 Å². The lowest BCUT2D eigenvalue weighted by molar-refractivity contribution is 0.573. The fourth-order valence-electron chi connectivity index (χ4n) is 3.37. The van der Waals surface area contributed by atoms with E-state index in [4.69, 9.17) is 9.97 Å². The first kappa shape index (κ1) is 16.6. The minimum absolute atomic E-state index is 0.581. The van der Waals surface area contributed by atoms with Crippen LogP contribution in [0.4, 0.5) is 17.6 Å². The largest absolute Gasteiger partial charge is 0.356 e. The van der Waals surface area contributed by atoms with Crippen molar-refractivity contribution in [2.75, 3.05) is 23.3 Å². The summed E-state index contributed by atoms with van der Waals surface area (Å²) in [6, 6.07) is 12.4. The van der Waals surface area contributed by atoms with E-state index in [1.54, 1.807) is 0 Å². The van der Waals surface area contributed by atoms with E-state index in [0.29, 0.717) is 5.95 Å². The number of hydrogen-bond donors (Lipinski definition) is 2. The maximum atomic E-state index is 4.77. The number of piperidine rings is 1. The van der Waals surface area contributed by atoms with E-state index in [0.717, 1.165) is 41.7 Å². The van der Waals surface area contributed by atoms with E-state index < -0.39 is 0 Å². The molecule has 6 heteroatoms. The molecule has 6 nitrogen and oxygen atoms in total. The molecule has 1 fully saturated rings. The standard InChI is InChI=1S/C20H24N6/c1-14-8-4-5-9-16(14)17-13-19(26-10-6-3-7-11-26)23-20(21-17)22-18-12-15(2)24-25-18/h4-5,8-9,12-13H,3,6-7,10-11H2,1-2H3,(H2,21,22,23,24,25). The van der Waals surface area contributed by atoms with Crippen molar-refractivity contribution >= 4 is 17.6 Å². The van der Waals surface area contributed by atoms with E-state index >= 15 is 0 Å². The van der Waals surface area contributed by atoms with Gasteiger partial charge in [0.15, 0.2) is 5.82 Å². The number of aromatic amines is 1. The number of benzene rings is 1. The molecule has 3 aromatic rings. The van der Waals surface area contributed by atoms with Crippen LogP contribution in [0.15, 0.2) is 36.4 Å². The van der Waals surface area contributed by atoms with E-state index in [9.17, 15) is 0 Å². The molecule has 0 aliphatic carbocycles. The van der Waals surface area contributed by atoms with Crippen LogP contribution in [0.5, 0.6) is 0 Å². The monoisotopic (exact) mass is 348 g/mol. The van der Waals surface area contributed by atoms with Crippen LogP contribution < -0.4 is 10.2 Å². The van der Waals surface area contributed by atoms with Crippen LogP contribution in [0.2, 0.25) is 0 Å². The average molecular weight is 348 g/mol. The molecule has 134 valence electrons. The van der Waals surface area contributed by atoms with Gasteiger partial charge in [0, 0.05) is 36.5 Å². The fourth-order valence-corrected chi connectivity index (χ4v) is 3.37. The van der Waals surface area contributed by atoms with Crippen molar-refractivity contribution in [3.8, 4) is 11.3 Å². The van der Waals surface area contributed by atoms with Crippen LogP contribution in [-0.2, 0) is 0 Å². The van der Waals surface area contributed by atoms with Gasteiger partial charge in [0.05, 0.1) is 5.69 Å². The molecular weight excluding hydrogens is 324 g/mol. The summed E-state index contributed by atoms with van der Waals surface area (Å²) in [7, 11) is 0. The lowest BCUT2D eigenvalue weighted by atomic mass is 10.1. The van der Waals surface area contributed by atoms with Gasteiger partial charge in [0.1, 0.15) is 5.82 Å². The fraction of sp³-hybridized carbons (Fsp3) is 0.350. The van der Waals surface area contributed by atoms with Crippen LogP contribution in [0.25, 0.3) is 11.3 Å². The summed E-state index contributed by atoms with van der Waals surface area (Å²) in [5.74, 6) is 2.29. The number of nitrogens with zero attached hydrogens (tertiary/aromatic N) is 4. The zero-order valence-corrected chi connectivity index (χ0v) is 15.3. The van der Waals surface area contributed by atoms with E-state index in [1.807, 2.05) is 13.0 Å². The van der Waals surface area contributed by atoms with Crippen LogP contribution in [0.1, 0.15) is 30.5 Å². The minimum atomic E-state index is 0.581. The highest BCUT2D eigenvalue weighted by molar-refractivity contribution is 5.68. The average Bonchev–Trinajstić information content (AvgIpc) is 3.07. The molecule has 0 radical (unpaired) electrons. The number of anilines is 3. The number of hydrogen-bond acceptors (Lipinski definition) is 5. The quantitative estimate of drug-likeness (QED) is 0.739. The van der Waals surface area contributed by atoms with Crippen molar-refractivity contribution in [3.05, 3.63) is 47.7 Å². The molecule has 3 heterocycles. The van der Waals surface area contributed by atoms with Crippen LogP contribution in [-0.4, -0.2) is 33.3 Å². The van der Waals surface area contributed by atoms with Crippen molar-refractivity contribution in [1.82, 2.24) is 20.2 Å². The van der Waals surface area contributed by atoms with Gasteiger partial charge in [-0.3, -0.25) is 5.10 Å². The molecule has 4 rings (SSSR count). The molecule has 0 amide bonds. The van der Waals surface area contributed by atoms with Gasteiger partial charge in [-0.25, -0.2) is 4.98 Å². The third-order valence-corrected chi connectivity index (χ3v) is 4.76. The van der Waals surface area contributed by atoms with Crippen LogP contribution in [0.3, 0.4) is 0 Å². The van der Waals surface area contributed by atoms with Gasteiger partial charge in [-0.05, 0) is 38.7 Å². The Labute approximate surface area is 153 Å². The molecule has 26 heavy (non-hydrogen) atoms. The number of H-pyrrole nitrogens is 1. The Morgan fingerprint density at radius 2 is 1.81 bits per heavy atom. The molecule has 1 aliphatic rings. The molecule has 1 aliphatic heterocycles. The summed E-state index contributed by atoms with van der Waals surface area (Å²) in [4.78, 5) is 11.9. The third-order valence-electron chi connectivity index (χ3n) is 4.76. The third kappa shape index (κ3) is 3.54. The second-order valence-corrected chi connectivity index (χ2v) is 6.86. The topological polar surface area (TPSA) is 69.7 Å². The molecule has 0 atom stereocenters. The van der Waals surface area contributed by atoms with Gasteiger partial charge in [-0.1, -0.05) is 24.3 Å². The first-order valence-electron chi connectivity index (χ1n) is 9.18. The van der Waals surface area contributed by atoms with Gasteiger partial charge in [0.2, 0.25) is 5.95 Å². The Hall–Kier alpha value is -2.89. The lowest BCUT2D eigenvalue weighted by Crippen LogP contribution is -2.30. The van der Waals surface area contributed by atoms with Gasteiger partial charge < -0.3 is 10.2 Å².